The molecule has 0 aliphatic heterocycles. The Labute approximate surface area is 117 Å². The average Bonchev–Trinajstić information content (AvgIpc) is 3.25. The van der Waals surface area contributed by atoms with E-state index >= 15 is 0 Å². The molecule has 0 bridgehead atoms. The summed E-state index contributed by atoms with van der Waals surface area (Å²) in [6.45, 7) is 10.8. The second-order valence-corrected chi connectivity index (χ2v) is 7.63. The number of nitrogens with one attached hydrogen (secondary N) is 1. The van der Waals surface area contributed by atoms with Crippen LogP contribution in [0.5, 0.6) is 0 Å². The summed E-state index contributed by atoms with van der Waals surface area (Å²) in [4.78, 5) is 0. The minimum Gasteiger partial charge on any atom is -0.309 e. The lowest BCUT2D eigenvalue weighted by atomic mass is 10.0. The van der Waals surface area contributed by atoms with E-state index in [-0.39, 0.29) is 0 Å². The Morgan fingerprint density at radius 3 is 2.11 bits per heavy atom. The maximum atomic E-state index is 3.87. The van der Waals surface area contributed by atoms with Crippen molar-refractivity contribution >= 4 is 0 Å². The van der Waals surface area contributed by atoms with Gasteiger partial charge in [0.2, 0.25) is 0 Å². The van der Waals surface area contributed by atoms with Gasteiger partial charge >= 0.3 is 0 Å². The smallest absolute Gasteiger partial charge is 0.0348 e. The molecular weight excluding hydrogens is 230 g/mol. The Hall–Kier alpha value is -0.820. The highest BCUT2D eigenvalue weighted by molar-refractivity contribution is 5.22. The molecule has 19 heavy (non-hydrogen) atoms. The zero-order valence-corrected chi connectivity index (χ0v) is 12.7. The van der Waals surface area contributed by atoms with Crippen LogP contribution in [-0.4, -0.2) is 6.54 Å². The van der Waals surface area contributed by atoms with Crippen LogP contribution < -0.4 is 5.32 Å². The van der Waals surface area contributed by atoms with Crippen LogP contribution in [0.3, 0.4) is 0 Å². The summed E-state index contributed by atoms with van der Waals surface area (Å²) in [6.07, 6.45) is 2.79. The zero-order chi connectivity index (χ0) is 13.7. The van der Waals surface area contributed by atoms with E-state index in [1.165, 1.54) is 18.4 Å². The lowest BCUT2D eigenvalue weighted by Crippen LogP contribution is -2.26. The second-order valence-electron chi connectivity index (χ2n) is 7.63. The first-order chi connectivity index (χ1) is 8.94. The summed E-state index contributed by atoms with van der Waals surface area (Å²) in [5.41, 5.74) is 2.46. The number of benzene rings is 1. The van der Waals surface area contributed by atoms with E-state index in [1.54, 1.807) is 0 Å². The monoisotopic (exact) mass is 257 g/mol. The van der Waals surface area contributed by atoms with Gasteiger partial charge in [0.1, 0.15) is 0 Å². The topological polar surface area (TPSA) is 12.0 Å². The maximum absolute atomic E-state index is 3.87. The lowest BCUT2D eigenvalue weighted by molar-refractivity contribution is 0.436. The molecule has 2 saturated carbocycles. The predicted molar refractivity (Wildman–Crippen MR) is 81.0 cm³/mol. The van der Waals surface area contributed by atoms with Crippen molar-refractivity contribution in [2.45, 2.75) is 46.6 Å². The standard InChI is InChI=1S/C18H27N/c1-17(2)15(18(17,3)4)12-19-16(14-10-11-14)13-8-6-5-7-9-13/h5-9,14-16,19H,10-12H2,1-4H3. The van der Waals surface area contributed by atoms with Crippen molar-refractivity contribution in [1.82, 2.24) is 5.32 Å². The molecule has 2 aliphatic carbocycles. The van der Waals surface area contributed by atoms with Gasteiger partial charge < -0.3 is 5.32 Å². The third-order valence-corrected chi connectivity index (χ3v) is 6.11. The fourth-order valence-electron chi connectivity index (χ4n) is 3.73. The fourth-order valence-corrected chi connectivity index (χ4v) is 3.73. The Bertz CT molecular complexity index is 428. The Kier molecular flexibility index (Phi) is 3.01. The molecule has 2 fully saturated rings. The highest BCUT2D eigenvalue weighted by Crippen LogP contribution is 2.68. The molecule has 0 aromatic heterocycles. The summed E-state index contributed by atoms with van der Waals surface area (Å²) < 4.78 is 0. The van der Waals surface area contributed by atoms with Crippen molar-refractivity contribution in [3.05, 3.63) is 35.9 Å². The van der Waals surface area contributed by atoms with Crippen molar-refractivity contribution in [2.24, 2.45) is 22.7 Å². The third-order valence-electron chi connectivity index (χ3n) is 6.11. The van der Waals surface area contributed by atoms with Crippen LogP contribution >= 0.6 is 0 Å². The Balaban J connectivity index is 1.65. The fraction of sp³-hybridized carbons (Fsp3) is 0.667. The molecule has 3 rings (SSSR count). The molecule has 0 spiro atoms. The quantitative estimate of drug-likeness (QED) is 0.824. The van der Waals surface area contributed by atoms with Gasteiger partial charge in [-0.05, 0) is 47.6 Å². The molecule has 1 nitrogen and oxygen atoms in total. The number of hydrogen-bond donors (Lipinski definition) is 1. The van der Waals surface area contributed by atoms with Gasteiger partial charge in [-0.2, -0.15) is 0 Å². The number of hydrogen-bond acceptors (Lipinski definition) is 1. The molecular formula is C18H27N. The minimum atomic E-state index is 0.491. The third kappa shape index (κ3) is 2.23. The largest absolute Gasteiger partial charge is 0.309 e. The van der Waals surface area contributed by atoms with E-state index in [0.717, 1.165) is 18.4 Å². The molecule has 104 valence electrons. The molecule has 0 amide bonds. The average molecular weight is 257 g/mol. The van der Waals surface area contributed by atoms with Gasteiger partial charge in [-0.25, -0.2) is 0 Å². The van der Waals surface area contributed by atoms with Crippen molar-refractivity contribution in [1.29, 1.82) is 0 Å². The van der Waals surface area contributed by atoms with Crippen molar-refractivity contribution in [2.75, 3.05) is 6.54 Å². The molecule has 0 heterocycles. The molecule has 2 aliphatic rings. The van der Waals surface area contributed by atoms with Gasteiger partial charge in [0.15, 0.2) is 0 Å². The number of rotatable bonds is 5. The molecule has 1 aromatic carbocycles. The van der Waals surface area contributed by atoms with Crippen molar-refractivity contribution in [3.8, 4) is 0 Å². The highest BCUT2D eigenvalue weighted by Gasteiger charge is 2.64. The lowest BCUT2D eigenvalue weighted by Gasteiger charge is -2.19. The SMILES string of the molecule is CC1(C)C(CNC(c2ccccc2)C2CC2)C1(C)C. The van der Waals surface area contributed by atoms with Crippen molar-refractivity contribution in [3.63, 3.8) is 0 Å². The first-order valence-corrected chi connectivity index (χ1v) is 7.73. The van der Waals surface area contributed by atoms with Crippen LogP contribution in [0.4, 0.5) is 0 Å². The van der Waals surface area contributed by atoms with E-state index in [4.69, 9.17) is 0 Å². The second kappa shape index (κ2) is 4.34. The minimum absolute atomic E-state index is 0.491. The van der Waals surface area contributed by atoms with E-state index < -0.39 is 0 Å². The molecule has 1 N–H and O–H groups in total. The van der Waals surface area contributed by atoms with Gasteiger partial charge in [-0.1, -0.05) is 58.0 Å². The Morgan fingerprint density at radius 2 is 1.63 bits per heavy atom. The molecule has 1 heteroatoms. The summed E-state index contributed by atoms with van der Waals surface area (Å²) in [7, 11) is 0. The summed E-state index contributed by atoms with van der Waals surface area (Å²) in [6, 6.07) is 11.6. The van der Waals surface area contributed by atoms with Crippen molar-refractivity contribution < 1.29 is 0 Å². The normalized spacial score (nSPS) is 26.1. The maximum Gasteiger partial charge on any atom is 0.0348 e. The Morgan fingerprint density at radius 1 is 1.05 bits per heavy atom. The van der Waals surface area contributed by atoms with E-state index in [9.17, 15) is 0 Å². The van der Waals surface area contributed by atoms with E-state index in [0.29, 0.717) is 16.9 Å². The first-order valence-electron chi connectivity index (χ1n) is 7.73. The van der Waals surface area contributed by atoms with Crippen LogP contribution in [0.2, 0.25) is 0 Å². The van der Waals surface area contributed by atoms with Crippen LogP contribution in [0.15, 0.2) is 30.3 Å². The molecule has 1 unspecified atom stereocenters. The molecule has 1 atom stereocenters. The van der Waals surface area contributed by atoms with Gasteiger partial charge in [0.05, 0.1) is 0 Å². The van der Waals surface area contributed by atoms with Gasteiger partial charge in [-0.15, -0.1) is 0 Å². The first kappa shape index (κ1) is 13.2. The zero-order valence-electron chi connectivity index (χ0n) is 12.7. The van der Waals surface area contributed by atoms with Crippen LogP contribution in [0, 0.1) is 22.7 Å². The van der Waals surface area contributed by atoms with Crippen LogP contribution in [0.1, 0.15) is 52.1 Å². The van der Waals surface area contributed by atoms with Crippen LogP contribution in [0.25, 0.3) is 0 Å². The summed E-state index contributed by atoms with van der Waals surface area (Å²) >= 11 is 0. The highest BCUT2D eigenvalue weighted by atomic mass is 15.0. The predicted octanol–water partition coefficient (Wildman–Crippen LogP) is 4.41. The van der Waals surface area contributed by atoms with Crippen LogP contribution in [-0.2, 0) is 0 Å². The van der Waals surface area contributed by atoms with Gasteiger partial charge in [-0.3, -0.25) is 0 Å². The van der Waals surface area contributed by atoms with E-state index in [1.807, 2.05) is 0 Å². The molecule has 0 radical (unpaired) electrons. The van der Waals surface area contributed by atoms with Gasteiger partial charge in [0.25, 0.3) is 0 Å². The van der Waals surface area contributed by atoms with E-state index in [2.05, 4.69) is 63.3 Å². The summed E-state index contributed by atoms with van der Waals surface area (Å²) in [5.74, 6) is 1.68. The molecule has 0 saturated heterocycles. The molecule has 1 aromatic rings. The summed E-state index contributed by atoms with van der Waals surface area (Å²) in [5, 5.41) is 3.87. The van der Waals surface area contributed by atoms with Gasteiger partial charge in [0, 0.05) is 6.04 Å².